The van der Waals surface area contributed by atoms with E-state index in [2.05, 4.69) is 19.2 Å². The van der Waals surface area contributed by atoms with Crippen LogP contribution in [0.2, 0.25) is 0 Å². The Morgan fingerprint density at radius 2 is 1.75 bits per heavy atom. The van der Waals surface area contributed by atoms with E-state index in [0.717, 1.165) is 5.56 Å². The average molecular weight is 463 g/mol. The molecule has 0 spiro atoms. The Labute approximate surface area is 189 Å². The minimum Gasteiger partial charge on any atom is -0.495 e. The van der Waals surface area contributed by atoms with E-state index in [9.17, 15) is 13.2 Å². The fourth-order valence-electron chi connectivity index (χ4n) is 3.43. The molecule has 174 valence electrons. The second-order valence-electron chi connectivity index (χ2n) is 7.82. The first-order valence-electron chi connectivity index (χ1n) is 10.6. The lowest BCUT2D eigenvalue weighted by Crippen LogP contribution is -2.40. The van der Waals surface area contributed by atoms with Crippen LogP contribution in [0, 0.1) is 0 Å². The van der Waals surface area contributed by atoms with Crippen molar-refractivity contribution in [2.45, 2.75) is 37.7 Å². The maximum absolute atomic E-state index is 13.1. The van der Waals surface area contributed by atoms with Gasteiger partial charge in [0.15, 0.2) is 6.10 Å². The molecule has 1 aliphatic rings. The summed E-state index contributed by atoms with van der Waals surface area (Å²) in [7, 11) is -2.39. The van der Waals surface area contributed by atoms with Gasteiger partial charge in [0.2, 0.25) is 10.0 Å². The van der Waals surface area contributed by atoms with Gasteiger partial charge in [-0.1, -0.05) is 32.0 Å². The highest BCUT2D eigenvalue weighted by molar-refractivity contribution is 7.89. The maximum atomic E-state index is 13.1. The SMILES string of the molecule is COc1ccc(NC(=O)C(C)Oc2ccccc2C(C)C)cc1S(=O)(=O)N1CCOCC1. The summed E-state index contributed by atoms with van der Waals surface area (Å²) in [4.78, 5) is 12.8. The third-order valence-electron chi connectivity index (χ3n) is 5.23. The molecule has 8 nitrogen and oxygen atoms in total. The first kappa shape index (κ1) is 24.0. The number of benzene rings is 2. The van der Waals surface area contributed by atoms with Crippen LogP contribution in [0.25, 0.3) is 0 Å². The standard InChI is InChI=1S/C23H30N2O6S/c1-16(2)19-7-5-6-8-20(19)31-17(3)23(26)24-18-9-10-21(29-4)22(15-18)32(27,28)25-11-13-30-14-12-25/h5-10,15-17H,11-14H2,1-4H3,(H,24,26). The number of anilines is 1. The van der Waals surface area contributed by atoms with Gasteiger partial charge in [-0.15, -0.1) is 0 Å². The molecule has 3 rings (SSSR count). The predicted octanol–water partition coefficient (Wildman–Crippen LogP) is 3.25. The van der Waals surface area contributed by atoms with Crippen LogP contribution in [0.4, 0.5) is 5.69 Å². The summed E-state index contributed by atoms with van der Waals surface area (Å²) in [6.45, 7) is 6.97. The number of ether oxygens (including phenoxy) is 3. The Morgan fingerprint density at radius 3 is 2.41 bits per heavy atom. The van der Waals surface area contributed by atoms with Crippen molar-refractivity contribution >= 4 is 21.6 Å². The fraction of sp³-hybridized carbons (Fsp3) is 0.435. The fourth-order valence-corrected chi connectivity index (χ4v) is 5.02. The number of sulfonamides is 1. The van der Waals surface area contributed by atoms with Crippen molar-refractivity contribution in [3.05, 3.63) is 48.0 Å². The molecule has 0 radical (unpaired) electrons. The number of nitrogens with one attached hydrogen (secondary N) is 1. The molecule has 2 aromatic rings. The van der Waals surface area contributed by atoms with Gasteiger partial charge in [0, 0.05) is 18.8 Å². The Balaban J connectivity index is 1.79. The van der Waals surface area contributed by atoms with Crippen LogP contribution in [0.3, 0.4) is 0 Å². The van der Waals surface area contributed by atoms with Gasteiger partial charge in [-0.2, -0.15) is 4.31 Å². The number of amides is 1. The molecule has 0 aromatic heterocycles. The van der Waals surface area contributed by atoms with Crippen molar-refractivity contribution in [1.29, 1.82) is 0 Å². The number of nitrogens with zero attached hydrogens (tertiary/aromatic N) is 1. The van der Waals surface area contributed by atoms with Gasteiger partial charge in [-0.3, -0.25) is 4.79 Å². The highest BCUT2D eigenvalue weighted by Gasteiger charge is 2.30. The minimum atomic E-state index is -3.80. The normalized spacial score (nSPS) is 15.9. The second kappa shape index (κ2) is 10.3. The van der Waals surface area contributed by atoms with E-state index in [4.69, 9.17) is 14.2 Å². The molecule has 2 aromatic carbocycles. The number of carbonyl (C=O) groups excluding carboxylic acids is 1. The zero-order chi connectivity index (χ0) is 23.3. The molecular weight excluding hydrogens is 432 g/mol. The van der Waals surface area contributed by atoms with Crippen LogP contribution in [-0.4, -0.2) is 58.1 Å². The van der Waals surface area contributed by atoms with Crippen molar-refractivity contribution < 1.29 is 27.4 Å². The van der Waals surface area contributed by atoms with Crippen LogP contribution in [0.15, 0.2) is 47.4 Å². The lowest BCUT2D eigenvalue weighted by molar-refractivity contribution is -0.122. The molecule has 32 heavy (non-hydrogen) atoms. The quantitative estimate of drug-likeness (QED) is 0.647. The number of morpholine rings is 1. The molecule has 1 saturated heterocycles. The van der Waals surface area contributed by atoms with Crippen LogP contribution in [0.1, 0.15) is 32.3 Å². The predicted molar refractivity (Wildman–Crippen MR) is 122 cm³/mol. The van der Waals surface area contributed by atoms with E-state index >= 15 is 0 Å². The van der Waals surface area contributed by atoms with E-state index < -0.39 is 16.1 Å². The summed E-state index contributed by atoms with van der Waals surface area (Å²) in [5.74, 6) is 0.722. The lowest BCUT2D eigenvalue weighted by atomic mass is 10.0. The topological polar surface area (TPSA) is 94.2 Å². The molecule has 1 atom stereocenters. The van der Waals surface area contributed by atoms with Gasteiger partial charge in [0.1, 0.15) is 16.4 Å². The van der Waals surface area contributed by atoms with E-state index in [1.807, 2.05) is 24.3 Å². The van der Waals surface area contributed by atoms with Gasteiger partial charge in [-0.25, -0.2) is 8.42 Å². The Hall–Kier alpha value is -2.62. The number of hydrogen-bond acceptors (Lipinski definition) is 6. The van der Waals surface area contributed by atoms with Gasteiger partial charge >= 0.3 is 0 Å². The Morgan fingerprint density at radius 1 is 1.06 bits per heavy atom. The Kier molecular flexibility index (Phi) is 7.76. The molecular formula is C23H30N2O6S. The number of methoxy groups -OCH3 is 1. The molecule has 0 aliphatic carbocycles. The number of carbonyl (C=O) groups is 1. The first-order valence-corrected chi connectivity index (χ1v) is 12.0. The molecule has 1 amide bonds. The molecule has 1 unspecified atom stereocenters. The minimum absolute atomic E-state index is 0.00146. The van der Waals surface area contributed by atoms with Gasteiger partial charge in [-0.05, 0) is 42.7 Å². The monoisotopic (exact) mass is 462 g/mol. The highest BCUT2D eigenvalue weighted by atomic mass is 32.2. The third-order valence-corrected chi connectivity index (χ3v) is 7.15. The van der Waals surface area contributed by atoms with Crippen LogP contribution in [-0.2, 0) is 19.6 Å². The molecule has 0 bridgehead atoms. The van der Waals surface area contributed by atoms with Gasteiger partial charge < -0.3 is 19.5 Å². The molecule has 0 saturated carbocycles. The number of hydrogen-bond donors (Lipinski definition) is 1. The van der Waals surface area contributed by atoms with Crippen molar-refractivity contribution in [3.63, 3.8) is 0 Å². The summed E-state index contributed by atoms with van der Waals surface area (Å²) in [6, 6.07) is 12.1. The summed E-state index contributed by atoms with van der Waals surface area (Å²) >= 11 is 0. The van der Waals surface area contributed by atoms with Crippen molar-refractivity contribution in [2.75, 3.05) is 38.7 Å². The maximum Gasteiger partial charge on any atom is 0.265 e. The zero-order valence-corrected chi connectivity index (χ0v) is 19.6. The number of para-hydroxylation sites is 1. The summed E-state index contributed by atoms with van der Waals surface area (Å²) in [6.07, 6.45) is -0.781. The molecule has 1 aliphatic heterocycles. The highest BCUT2D eigenvalue weighted by Crippen LogP contribution is 2.31. The van der Waals surface area contributed by atoms with Crippen molar-refractivity contribution in [2.24, 2.45) is 0 Å². The van der Waals surface area contributed by atoms with Gasteiger partial charge in [0.05, 0.1) is 20.3 Å². The van der Waals surface area contributed by atoms with Gasteiger partial charge in [0.25, 0.3) is 5.91 Å². The average Bonchev–Trinajstić information content (AvgIpc) is 2.79. The van der Waals surface area contributed by atoms with E-state index in [1.54, 1.807) is 13.0 Å². The molecule has 1 N–H and O–H groups in total. The van der Waals surface area contributed by atoms with Crippen LogP contribution >= 0.6 is 0 Å². The van der Waals surface area contributed by atoms with Crippen molar-refractivity contribution in [3.8, 4) is 11.5 Å². The summed E-state index contributed by atoms with van der Waals surface area (Å²) in [5, 5.41) is 2.75. The molecule has 9 heteroatoms. The van der Waals surface area contributed by atoms with E-state index in [-0.39, 0.29) is 35.6 Å². The molecule has 1 fully saturated rings. The lowest BCUT2D eigenvalue weighted by Gasteiger charge is -2.27. The third kappa shape index (κ3) is 5.40. The number of rotatable bonds is 8. The van der Waals surface area contributed by atoms with E-state index in [0.29, 0.717) is 24.7 Å². The first-order chi connectivity index (χ1) is 15.2. The van der Waals surface area contributed by atoms with Crippen LogP contribution < -0.4 is 14.8 Å². The zero-order valence-electron chi connectivity index (χ0n) is 18.8. The smallest absolute Gasteiger partial charge is 0.265 e. The largest absolute Gasteiger partial charge is 0.495 e. The summed E-state index contributed by atoms with van der Waals surface area (Å²) < 4.78 is 44.0. The van der Waals surface area contributed by atoms with Crippen LogP contribution in [0.5, 0.6) is 11.5 Å². The Bertz CT molecular complexity index is 1050. The van der Waals surface area contributed by atoms with E-state index in [1.165, 1.54) is 23.5 Å². The second-order valence-corrected chi connectivity index (χ2v) is 9.73. The summed E-state index contributed by atoms with van der Waals surface area (Å²) in [5.41, 5.74) is 1.35. The molecule has 1 heterocycles. The van der Waals surface area contributed by atoms with Crippen molar-refractivity contribution in [1.82, 2.24) is 4.31 Å².